The monoisotopic (exact) mass is 338 g/mol. The van der Waals surface area contributed by atoms with Crippen molar-refractivity contribution < 1.29 is 19.8 Å². The molecular weight excluding hydrogens is 315 g/mol. The Morgan fingerprint density at radius 2 is 1.43 bits per heavy atom. The normalized spacial score (nSPS) is 17.3. The predicted octanol–water partition coefficient (Wildman–Crippen LogP) is 1.38. The number of carbonyl (C=O) groups is 2. The molecule has 0 spiro atoms. The van der Waals surface area contributed by atoms with E-state index in [1.54, 1.807) is 0 Å². The average molecular weight is 338 g/mol. The first-order valence-electron chi connectivity index (χ1n) is 7.47. The maximum absolute atomic E-state index is 11.0. The molecule has 0 aliphatic carbocycles. The van der Waals surface area contributed by atoms with Crippen molar-refractivity contribution in [1.82, 2.24) is 9.80 Å². The van der Waals surface area contributed by atoms with Crippen LogP contribution in [0.2, 0.25) is 0 Å². The van der Waals surface area contributed by atoms with Gasteiger partial charge in [0.2, 0.25) is 0 Å². The van der Waals surface area contributed by atoms with Crippen molar-refractivity contribution in [2.75, 3.05) is 32.3 Å². The van der Waals surface area contributed by atoms with Crippen LogP contribution in [0.4, 0.5) is 0 Å². The summed E-state index contributed by atoms with van der Waals surface area (Å²) in [4.78, 5) is 25.8. The number of rotatable bonds is 5. The number of aryl methyl sites for hydroxylation is 3. The second-order valence-electron chi connectivity index (χ2n) is 6.16. The fourth-order valence-electron chi connectivity index (χ4n) is 3.30. The van der Waals surface area contributed by atoms with E-state index >= 15 is 0 Å². The summed E-state index contributed by atoms with van der Waals surface area (Å²) >= 11 is 0. The van der Waals surface area contributed by atoms with Gasteiger partial charge in [0.15, 0.2) is 0 Å². The van der Waals surface area contributed by atoms with Crippen LogP contribution in [0.15, 0.2) is 12.1 Å². The van der Waals surface area contributed by atoms with Crippen LogP contribution in [0.25, 0.3) is 0 Å². The van der Waals surface area contributed by atoms with Crippen molar-refractivity contribution in [2.45, 2.75) is 20.8 Å². The molecule has 0 unspecified atom stereocenters. The van der Waals surface area contributed by atoms with Crippen molar-refractivity contribution >= 4 is 25.2 Å². The molecule has 23 heavy (non-hydrogen) atoms. The van der Waals surface area contributed by atoms with Gasteiger partial charge in [-0.3, -0.25) is 19.4 Å². The Bertz CT molecular complexity index is 573. The van der Waals surface area contributed by atoms with Crippen LogP contribution in [0.5, 0.6) is 0 Å². The molecule has 6 nitrogen and oxygen atoms in total. The van der Waals surface area contributed by atoms with Crippen molar-refractivity contribution in [3.05, 3.63) is 28.8 Å². The third-order valence-electron chi connectivity index (χ3n) is 3.81. The van der Waals surface area contributed by atoms with Gasteiger partial charge < -0.3 is 10.2 Å². The average Bonchev–Trinajstić information content (AvgIpc) is 2.34. The molecule has 0 bridgehead atoms. The standard InChI is InChI=1S/C16H23N2O4P/c1-11-4-12(2)16(13(3)5-11)23-9-17(6-14(19)20)8-18(10-23)7-15(21)22/h4-5H,6-10H2,1-3H3,(H,19,20)(H,21,22). The largest absolute Gasteiger partial charge is 0.480 e. The van der Waals surface area contributed by atoms with E-state index in [-0.39, 0.29) is 13.1 Å². The van der Waals surface area contributed by atoms with Crippen LogP contribution in [0, 0.1) is 20.8 Å². The maximum atomic E-state index is 11.0. The van der Waals surface area contributed by atoms with Gasteiger partial charge >= 0.3 is 11.9 Å². The van der Waals surface area contributed by atoms with Gasteiger partial charge in [-0.2, -0.15) is 0 Å². The van der Waals surface area contributed by atoms with Gasteiger partial charge in [-0.15, -0.1) is 0 Å². The molecule has 0 amide bonds. The fraction of sp³-hybridized carbons (Fsp3) is 0.500. The van der Waals surface area contributed by atoms with Gasteiger partial charge in [0, 0.05) is 12.6 Å². The molecule has 1 aliphatic heterocycles. The minimum absolute atomic E-state index is 0.0566. The summed E-state index contributed by atoms with van der Waals surface area (Å²) in [5.74, 6) is -1.76. The van der Waals surface area contributed by atoms with Crippen LogP contribution >= 0.6 is 7.92 Å². The van der Waals surface area contributed by atoms with Crippen LogP contribution in [-0.2, 0) is 9.59 Å². The minimum Gasteiger partial charge on any atom is -0.480 e. The number of carboxylic acid groups (broad SMARTS) is 2. The van der Waals surface area contributed by atoms with E-state index in [2.05, 4.69) is 32.9 Å². The molecule has 0 radical (unpaired) electrons. The summed E-state index contributed by atoms with van der Waals surface area (Å²) in [5, 5.41) is 19.4. The third kappa shape index (κ3) is 4.74. The highest BCUT2D eigenvalue weighted by molar-refractivity contribution is 7.65. The maximum Gasteiger partial charge on any atom is 0.317 e. The Kier molecular flexibility index (Phi) is 5.74. The van der Waals surface area contributed by atoms with E-state index in [4.69, 9.17) is 10.2 Å². The lowest BCUT2D eigenvalue weighted by atomic mass is 10.1. The van der Waals surface area contributed by atoms with Crippen molar-refractivity contribution in [3.8, 4) is 0 Å². The SMILES string of the molecule is Cc1cc(C)c(P2CN(CC(=O)O)CN(CC(=O)O)C2)c(C)c1. The molecule has 0 aromatic heterocycles. The predicted molar refractivity (Wildman–Crippen MR) is 90.5 cm³/mol. The Morgan fingerprint density at radius 3 is 1.83 bits per heavy atom. The van der Waals surface area contributed by atoms with E-state index in [9.17, 15) is 9.59 Å². The van der Waals surface area contributed by atoms with E-state index in [0.717, 1.165) is 0 Å². The Balaban J connectivity index is 2.28. The topological polar surface area (TPSA) is 81.1 Å². The van der Waals surface area contributed by atoms with E-state index in [1.165, 1.54) is 22.0 Å². The molecule has 126 valence electrons. The molecule has 1 fully saturated rings. The molecule has 7 heteroatoms. The van der Waals surface area contributed by atoms with E-state index in [1.807, 2.05) is 9.80 Å². The summed E-state index contributed by atoms with van der Waals surface area (Å²) in [5.41, 5.74) is 3.63. The number of aliphatic carboxylic acids is 2. The quantitative estimate of drug-likeness (QED) is 0.790. The summed E-state index contributed by atoms with van der Waals surface area (Å²) in [7, 11) is -0.636. The minimum atomic E-state index is -0.880. The number of carboxylic acids is 2. The lowest BCUT2D eigenvalue weighted by Crippen LogP contribution is -2.48. The zero-order chi connectivity index (χ0) is 17.1. The highest BCUT2D eigenvalue weighted by Crippen LogP contribution is 2.41. The molecule has 2 rings (SSSR count). The first-order valence-corrected chi connectivity index (χ1v) is 9.18. The van der Waals surface area contributed by atoms with Crippen molar-refractivity contribution in [3.63, 3.8) is 0 Å². The molecule has 0 saturated carbocycles. The number of hydrogen-bond acceptors (Lipinski definition) is 4. The first kappa shape index (κ1) is 17.9. The lowest BCUT2D eigenvalue weighted by molar-refractivity contribution is -0.139. The zero-order valence-electron chi connectivity index (χ0n) is 13.7. The Morgan fingerprint density at radius 1 is 1.00 bits per heavy atom. The number of nitrogens with zero attached hydrogens (tertiary/aromatic N) is 2. The summed E-state index contributed by atoms with van der Waals surface area (Å²) in [6.45, 7) is 6.50. The zero-order valence-corrected chi connectivity index (χ0v) is 14.6. The van der Waals surface area contributed by atoms with Gasteiger partial charge in [0.05, 0.1) is 19.8 Å². The highest BCUT2D eigenvalue weighted by atomic mass is 31.1. The first-order chi connectivity index (χ1) is 10.8. The molecular formula is C16H23N2O4P. The second kappa shape index (κ2) is 7.39. The molecule has 1 saturated heterocycles. The number of hydrogen-bond donors (Lipinski definition) is 2. The van der Waals surface area contributed by atoms with Gasteiger partial charge in [-0.25, -0.2) is 0 Å². The van der Waals surface area contributed by atoms with Gasteiger partial charge in [0.25, 0.3) is 0 Å². The smallest absolute Gasteiger partial charge is 0.317 e. The third-order valence-corrected chi connectivity index (χ3v) is 6.63. The van der Waals surface area contributed by atoms with Crippen LogP contribution in [0.3, 0.4) is 0 Å². The van der Waals surface area contributed by atoms with Crippen LogP contribution < -0.4 is 5.30 Å². The van der Waals surface area contributed by atoms with Gasteiger partial charge in [-0.1, -0.05) is 17.7 Å². The Labute approximate surface area is 137 Å². The molecule has 2 N–H and O–H groups in total. The molecule has 1 aromatic carbocycles. The lowest BCUT2D eigenvalue weighted by Gasteiger charge is -2.40. The summed E-state index contributed by atoms with van der Waals surface area (Å²) in [6.07, 6.45) is 1.39. The molecule has 1 aromatic rings. The second-order valence-corrected chi connectivity index (χ2v) is 8.25. The molecule has 0 atom stereocenters. The van der Waals surface area contributed by atoms with E-state index in [0.29, 0.717) is 19.2 Å². The van der Waals surface area contributed by atoms with Crippen LogP contribution in [-0.4, -0.2) is 64.3 Å². The fourth-order valence-corrected chi connectivity index (χ4v) is 6.14. The van der Waals surface area contributed by atoms with Gasteiger partial charge in [0.1, 0.15) is 0 Å². The van der Waals surface area contributed by atoms with Crippen LogP contribution in [0.1, 0.15) is 16.7 Å². The summed E-state index contributed by atoms with van der Waals surface area (Å²) < 4.78 is 0. The summed E-state index contributed by atoms with van der Waals surface area (Å²) in [6, 6.07) is 4.28. The van der Waals surface area contributed by atoms with Crippen molar-refractivity contribution in [2.24, 2.45) is 0 Å². The number of benzene rings is 1. The van der Waals surface area contributed by atoms with Gasteiger partial charge in [-0.05, 0) is 45.1 Å². The molecule has 1 aliphatic rings. The molecule has 1 heterocycles. The Hall–Kier alpha value is -1.49. The van der Waals surface area contributed by atoms with E-state index < -0.39 is 19.9 Å². The highest BCUT2D eigenvalue weighted by Gasteiger charge is 2.30. The van der Waals surface area contributed by atoms with Crippen molar-refractivity contribution in [1.29, 1.82) is 0 Å².